The van der Waals surface area contributed by atoms with Gasteiger partial charge in [-0.2, -0.15) is 5.10 Å². The van der Waals surface area contributed by atoms with Crippen molar-refractivity contribution in [1.29, 1.82) is 0 Å². The summed E-state index contributed by atoms with van der Waals surface area (Å²) >= 11 is 0. The highest BCUT2D eigenvalue weighted by Crippen LogP contribution is 2.23. The van der Waals surface area contributed by atoms with Crippen LogP contribution in [0.25, 0.3) is 5.82 Å². The number of hydrogen-bond donors (Lipinski definition) is 1. The number of aromatic nitrogens is 4. The Balaban J connectivity index is 1.35. The first-order valence-electron chi connectivity index (χ1n) is 10.7. The summed E-state index contributed by atoms with van der Waals surface area (Å²) in [6.07, 6.45) is 8.85. The van der Waals surface area contributed by atoms with E-state index in [0.717, 1.165) is 37.3 Å². The quantitative estimate of drug-likeness (QED) is 0.647. The molecule has 3 aromatic rings. The monoisotopic (exact) mass is 404 g/mol. The van der Waals surface area contributed by atoms with Gasteiger partial charge >= 0.3 is 0 Å². The zero-order valence-corrected chi connectivity index (χ0v) is 17.4. The minimum absolute atomic E-state index is 0.0638. The van der Waals surface area contributed by atoms with Crippen LogP contribution in [0, 0.1) is 5.92 Å². The summed E-state index contributed by atoms with van der Waals surface area (Å²) < 4.78 is 1.68. The molecule has 2 aromatic heterocycles. The van der Waals surface area contributed by atoms with Crippen LogP contribution in [-0.2, 0) is 11.2 Å². The molecule has 30 heavy (non-hydrogen) atoms. The van der Waals surface area contributed by atoms with Gasteiger partial charge < -0.3 is 10.2 Å². The van der Waals surface area contributed by atoms with E-state index in [1.165, 1.54) is 18.4 Å². The van der Waals surface area contributed by atoms with Gasteiger partial charge in [-0.05, 0) is 61.6 Å². The van der Waals surface area contributed by atoms with E-state index in [1.807, 2.05) is 36.5 Å². The molecule has 7 nitrogen and oxygen atoms in total. The number of carbonyl (C=O) groups is 1. The van der Waals surface area contributed by atoms with Gasteiger partial charge in [-0.25, -0.2) is 4.68 Å². The van der Waals surface area contributed by atoms with E-state index in [0.29, 0.717) is 12.4 Å². The van der Waals surface area contributed by atoms with Crippen molar-refractivity contribution in [2.24, 2.45) is 5.92 Å². The third kappa shape index (κ3) is 4.84. The molecule has 0 bridgehead atoms. The van der Waals surface area contributed by atoms with Crippen LogP contribution in [0.5, 0.6) is 0 Å². The Labute approximate surface area is 177 Å². The van der Waals surface area contributed by atoms with E-state index in [1.54, 1.807) is 10.9 Å². The SMILES string of the molecule is CCCCc1ccc(NC(=O)C2CCCN(c3ccc(-n4cccn4)nn3)C2)cc1. The Hall–Kier alpha value is -3.22. The lowest BCUT2D eigenvalue weighted by molar-refractivity contribution is -0.120. The van der Waals surface area contributed by atoms with Gasteiger partial charge in [0.2, 0.25) is 5.91 Å². The van der Waals surface area contributed by atoms with Crippen LogP contribution in [0.4, 0.5) is 11.5 Å². The normalized spacial score (nSPS) is 16.4. The van der Waals surface area contributed by atoms with Crippen LogP contribution in [0.2, 0.25) is 0 Å². The third-order valence-electron chi connectivity index (χ3n) is 5.53. The molecule has 156 valence electrons. The van der Waals surface area contributed by atoms with Crippen molar-refractivity contribution < 1.29 is 4.79 Å². The van der Waals surface area contributed by atoms with Crippen molar-refractivity contribution in [2.75, 3.05) is 23.3 Å². The Morgan fingerprint density at radius 3 is 2.63 bits per heavy atom. The molecule has 1 atom stereocenters. The second-order valence-corrected chi connectivity index (χ2v) is 7.78. The second-order valence-electron chi connectivity index (χ2n) is 7.78. The smallest absolute Gasteiger partial charge is 0.229 e. The first kappa shape index (κ1) is 20.1. The van der Waals surface area contributed by atoms with E-state index in [2.05, 4.69) is 44.6 Å². The minimum atomic E-state index is -0.0638. The summed E-state index contributed by atoms with van der Waals surface area (Å²) in [6.45, 7) is 3.73. The number of anilines is 2. The summed E-state index contributed by atoms with van der Waals surface area (Å²) in [4.78, 5) is 15.0. The van der Waals surface area contributed by atoms with E-state index >= 15 is 0 Å². The third-order valence-corrected chi connectivity index (χ3v) is 5.53. The fourth-order valence-corrected chi connectivity index (χ4v) is 3.79. The van der Waals surface area contributed by atoms with Gasteiger partial charge in [0, 0.05) is 31.2 Å². The van der Waals surface area contributed by atoms with Crippen LogP contribution in [0.3, 0.4) is 0 Å². The Morgan fingerprint density at radius 1 is 1.13 bits per heavy atom. The van der Waals surface area contributed by atoms with Crippen molar-refractivity contribution in [3.8, 4) is 5.82 Å². The molecular weight excluding hydrogens is 376 g/mol. The van der Waals surface area contributed by atoms with Crippen LogP contribution in [0.15, 0.2) is 54.9 Å². The maximum Gasteiger partial charge on any atom is 0.229 e. The summed E-state index contributed by atoms with van der Waals surface area (Å²) in [5, 5.41) is 15.9. The summed E-state index contributed by atoms with van der Waals surface area (Å²) in [6, 6.07) is 13.9. The Bertz CT molecular complexity index is 937. The van der Waals surface area contributed by atoms with Crippen molar-refractivity contribution >= 4 is 17.4 Å². The van der Waals surface area contributed by atoms with Crippen molar-refractivity contribution in [3.05, 3.63) is 60.4 Å². The minimum Gasteiger partial charge on any atom is -0.354 e. The first-order chi connectivity index (χ1) is 14.7. The molecule has 3 heterocycles. The molecule has 7 heteroatoms. The molecule has 1 aliphatic rings. The number of amides is 1. The largest absolute Gasteiger partial charge is 0.354 e. The van der Waals surface area contributed by atoms with Gasteiger partial charge in [0.05, 0.1) is 5.92 Å². The molecule has 1 amide bonds. The summed E-state index contributed by atoms with van der Waals surface area (Å²) in [7, 11) is 0. The number of unbranched alkanes of at least 4 members (excludes halogenated alkanes) is 1. The molecule has 1 fully saturated rings. The summed E-state index contributed by atoms with van der Waals surface area (Å²) in [5.41, 5.74) is 2.18. The maximum atomic E-state index is 12.8. The molecule has 0 saturated carbocycles. The molecule has 1 aliphatic heterocycles. The van der Waals surface area contributed by atoms with Gasteiger partial charge in [0.1, 0.15) is 0 Å². The van der Waals surface area contributed by atoms with Gasteiger partial charge in [-0.1, -0.05) is 25.5 Å². The van der Waals surface area contributed by atoms with Gasteiger partial charge in [0.25, 0.3) is 0 Å². The van der Waals surface area contributed by atoms with Crippen LogP contribution in [-0.4, -0.2) is 39.0 Å². The molecule has 1 N–H and O–H groups in total. The zero-order valence-electron chi connectivity index (χ0n) is 17.4. The lowest BCUT2D eigenvalue weighted by Gasteiger charge is -2.32. The number of carbonyl (C=O) groups excluding carboxylic acids is 1. The highest BCUT2D eigenvalue weighted by atomic mass is 16.1. The number of nitrogens with one attached hydrogen (secondary N) is 1. The summed E-state index contributed by atoms with van der Waals surface area (Å²) in [5.74, 6) is 1.48. The molecule has 1 aromatic carbocycles. The van der Waals surface area contributed by atoms with E-state index in [4.69, 9.17) is 0 Å². The van der Waals surface area contributed by atoms with Gasteiger partial charge in [-0.15, -0.1) is 10.2 Å². The molecule has 1 saturated heterocycles. The van der Waals surface area contributed by atoms with Crippen LogP contribution in [0.1, 0.15) is 38.2 Å². The van der Waals surface area contributed by atoms with Crippen molar-refractivity contribution in [3.63, 3.8) is 0 Å². The number of piperidine rings is 1. The molecule has 0 radical (unpaired) electrons. The van der Waals surface area contributed by atoms with E-state index in [-0.39, 0.29) is 11.8 Å². The first-order valence-corrected chi connectivity index (χ1v) is 10.7. The highest BCUT2D eigenvalue weighted by Gasteiger charge is 2.27. The average molecular weight is 405 g/mol. The van der Waals surface area contributed by atoms with Gasteiger partial charge in [-0.3, -0.25) is 4.79 Å². The number of aryl methyl sites for hydroxylation is 1. The van der Waals surface area contributed by atoms with E-state index < -0.39 is 0 Å². The molecule has 0 spiro atoms. The average Bonchev–Trinajstić information content (AvgIpc) is 3.34. The van der Waals surface area contributed by atoms with Crippen molar-refractivity contribution in [2.45, 2.75) is 39.0 Å². The number of hydrogen-bond acceptors (Lipinski definition) is 5. The Kier molecular flexibility index (Phi) is 6.37. The lowest BCUT2D eigenvalue weighted by Crippen LogP contribution is -2.41. The standard InChI is InChI=1S/C23H28N6O/c1-2-3-6-18-8-10-20(11-9-18)25-23(30)19-7-4-15-28(17-19)21-12-13-22(27-26-21)29-16-5-14-24-29/h5,8-14,16,19H,2-4,6-7,15,17H2,1H3,(H,25,30). The zero-order chi connectivity index (χ0) is 20.8. The Morgan fingerprint density at radius 2 is 1.93 bits per heavy atom. The van der Waals surface area contributed by atoms with Crippen LogP contribution >= 0.6 is 0 Å². The predicted molar refractivity (Wildman–Crippen MR) is 118 cm³/mol. The molecule has 0 aliphatic carbocycles. The lowest BCUT2D eigenvalue weighted by atomic mass is 9.97. The molecule has 4 rings (SSSR count). The molecular formula is C23H28N6O. The van der Waals surface area contributed by atoms with Crippen molar-refractivity contribution in [1.82, 2.24) is 20.0 Å². The number of benzene rings is 1. The topological polar surface area (TPSA) is 75.9 Å². The van der Waals surface area contributed by atoms with E-state index in [9.17, 15) is 4.79 Å². The second kappa shape index (κ2) is 9.52. The fraction of sp³-hybridized carbons (Fsp3) is 0.391. The number of rotatable bonds is 7. The fourth-order valence-electron chi connectivity index (χ4n) is 3.79. The predicted octanol–water partition coefficient (Wildman–Crippen LogP) is 3.86. The van der Waals surface area contributed by atoms with Crippen LogP contribution < -0.4 is 10.2 Å². The molecule has 1 unspecified atom stereocenters. The maximum absolute atomic E-state index is 12.8. The highest BCUT2D eigenvalue weighted by molar-refractivity contribution is 5.93. The number of nitrogens with zero attached hydrogens (tertiary/aromatic N) is 5. The van der Waals surface area contributed by atoms with Gasteiger partial charge in [0.15, 0.2) is 11.6 Å².